The lowest BCUT2D eigenvalue weighted by molar-refractivity contribution is 0.0525. The van der Waals surface area contributed by atoms with Crippen molar-refractivity contribution in [3.8, 4) is 0 Å². The molecule has 1 heterocycles. The molecule has 1 aromatic rings. The van der Waals surface area contributed by atoms with Crippen LogP contribution in [0.2, 0.25) is 0 Å². The van der Waals surface area contributed by atoms with Crippen molar-refractivity contribution in [2.24, 2.45) is 0 Å². The fourth-order valence-electron chi connectivity index (χ4n) is 1.33. The Hall–Kier alpha value is -1.37. The Bertz CT molecular complexity index is 504. The highest BCUT2D eigenvalue weighted by Gasteiger charge is 2.15. The molecule has 0 saturated carbocycles. The number of carbonyl (C=O) groups is 1. The van der Waals surface area contributed by atoms with Crippen molar-refractivity contribution in [1.82, 2.24) is 9.78 Å². The molecule has 1 aromatic heterocycles. The second-order valence-electron chi connectivity index (χ2n) is 3.72. The van der Waals surface area contributed by atoms with E-state index in [0.29, 0.717) is 17.9 Å². The maximum Gasteiger partial charge on any atom is 0.341 e. The molecule has 0 radical (unpaired) electrons. The van der Waals surface area contributed by atoms with Gasteiger partial charge in [-0.2, -0.15) is 5.10 Å². The molecule has 0 amide bonds. The average Bonchev–Trinajstić information content (AvgIpc) is 2.56. The zero-order valence-electron chi connectivity index (χ0n) is 10.1. The number of esters is 1. The normalized spacial score (nSPS) is 11.5. The highest BCUT2D eigenvalue weighted by Crippen LogP contribution is 2.09. The van der Waals surface area contributed by atoms with Gasteiger partial charge in [-0.25, -0.2) is 13.2 Å². The molecular weight excluding hydrogens is 244 g/mol. The summed E-state index contributed by atoms with van der Waals surface area (Å²) in [6.07, 6.45) is 2.56. The monoisotopic (exact) mass is 260 g/mol. The molecule has 0 unspecified atom stereocenters. The molecular formula is C10H16N2O4S. The largest absolute Gasteiger partial charge is 0.462 e. The molecule has 7 heteroatoms. The van der Waals surface area contributed by atoms with Gasteiger partial charge in [0.1, 0.15) is 15.4 Å². The van der Waals surface area contributed by atoms with Gasteiger partial charge in [0.15, 0.2) is 0 Å². The van der Waals surface area contributed by atoms with Gasteiger partial charge >= 0.3 is 5.97 Å². The predicted octanol–water partition coefficient (Wildman–Crippen LogP) is 0.413. The number of ether oxygens (including phenoxy) is 1. The van der Waals surface area contributed by atoms with Gasteiger partial charge in [0.2, 0.25) is 0 Å². The van der Waals surface area contributed by atoms with Gasteiger partial charge in [-0.3, -0.25) is 4.68 Å². The Balaban J connectivity index is 2.81. The van der Waals surface area contributed by atoms with Crippen LogP contribution in [-0.2, 0) is 21.1 Å². The van der Waals surface area contributed by atoms with E-state index < -0.39 is 15.8 Å². The van der Waals surface area contributed by atoms with E-state index in [-0.39, 0.29) is 12.3 Å². The van der Waals surface area contributed by atoms with Crippen molar-refractivity contribution < 1.29 is 17.9 Å². The Kier molecular flexibility index (Phi) is 4.28. The first-order valence-corrected chi connectivity index (χ1v) is 7.28. The Morgan fingerprint density at radius 1 is 1.53 bits per heavy atom. The average molecular weight is 260 g/mol. The molecule has 6 nitrogen and oxygen atoms in total. The van der Waals surface area contributed by atoms with Gasteiger partial charge in [-0.15, -0.1) is 0 Å². The van der Waals surface area contributed by atoms with Gasteiger partial charge in [-0.1, -0.05) is 0 Å². The number of nitrogens with zero attached hydrogens (tertiary/aromatic N) is 2. The summed E-state index contributed by atoms with van der Waals surface area (Å²) < 4.78 is 28.4. The third-order valence-electron chi connectivity index (χ3n) is 2.27. The molecule has 0 aliphatic rings. The van der Waals surface area contributed by atoms with Gasteiger partial charge in [0.25, 0.3) is 0 Å². The van der Waals surface area contributed by atoms with Crippen molar-refractivity contribution in [2.75, 3.05) is 18.6 Å². The van der Waals surface area contributed by atoms with Crippen LogP contribution in [0.3, 0.4) is 0 Å². The lowest BCUT2D eigenvalue weighted by Gasteiger charge is -2.04. The molecule has 0 spiro atoms. The SMILES string of the molecule is CCOC(=O)c1cnn(CCS(C)(=O)=O)c1C. The second kappa shape index (κ2) is 5.31. The Labute approximate surface area is 100 Å². The minimum Gasteiger partial charge on any atom is -0.462 e. The maximum absolute atomic E-state index is 11.5. The molecule has 0 saturated heterocycles. The number of sulfone groups is 1. The van der Waals surface area contributed by atoms with Crippen LogP contribution in [0.1, 0.15) is 23.0 Å². The summed E-state index contributed by atoms with van der Waals surface area (Å²) in [5, 5.41) is 3.97. The van der Waals surface area contributed by atoms with Crippen molar-refractivity contribution in [3.63, 3.8) is 0 Å². The summed E-state index contributed by atoms with van der Waals surface area (Å²) in [7, 11) is -3.04. The molecule has 0 aliphatic carbocycles. The van der Waals surface area contributed by atoms with Gasteiger partial charge in [-0.05, 0) is 13.8 Å². The fourth-order valence-corrected chi connectivity index (χ4v) is 1.84. The summed E-state index contributed by atoms with van der Waals surface area (Å²) in [5.41, 5.74) is 0.993. The van der Waals surface area contributed by atoms with Crippen molar-refractivity contribution in [1.29, 1.82) is 0 Å². The minimum atomic E-state index is -3.04. The topological polar surface area (TPSA) is 78.3 Å². The predicted molar refractivity (Wildman–Crippen MR) is 62.6 cm³/mol. The van der Waals surface area contributed by atoms with Crippen LogP contribution < -0.4 is 0 Å². The summed E-state index contributed by atoms with van der Waals surface area (Å²) >= 11 is 0. The summed E-state index contributed by atoms with van der Waals surface area (Å²) in [5.74, 6) is -0.437. The number of aromatic nitrogens is 2. The number of rotatable bonds is 5. The van der Waals surface area contributed by atoms with Crippen molar-refractivity contribution >= 4 is 15.8 Å². The van der Waals surface area contributed by atoms with Crippen LogP contribution >= 0.6 is 0 Å². The van der Waals surface area contributed by atoms with E-state index in [1.54, 1.807) is 13.8 Å². The molecule has 0 aliphatic heterocycles. The number of hydrogen-bond acceptors (Lipinski definition) is 5. The van der Waals surface area contributed by atoms with Crippen LogP contribution in [0.25, 0.3) is 0 Å². The van der Waals surface area contributed by atoms with Gasteiger partial charge in [0, 0.05) is 11.9 Å². The molecule has 0 atom stereocenters. The van der Waals surface area contributed by atoms with Gasteiger partial charge < -0.3 is 4.74 Å². The lowest BCUT2D eigenvalue weighted by atomic mass is 10.3. The third kappa shape index (κ3) is 3.85. The molecule has 0 N–H and O–H groups in total. The smallest absolute Gasteiger partial charge is 0.341 e. The minimum absolute atomic E-state index is 0.00220. The van der Waals surface area contributed by atoms with E-state index in [1.165, 1.54) is 10.9 Å². The van der Waals surface area contributed by atoms with E-state index in [1.807, 2.05) is 0 Å². The standard InChI is InChI=1S/C10H16N2O4S/c1-4-16-10(13)9-7-11-12(8(9)2)5-6-17(3,14)15/h7H,4-6H2,1-3H3. The lowest BCUT2D eigenvalue weighted by Crippen LogP contribution is -2.14. The molecule has 96 valence electrons. The second-order valence-corrected chi connectivity index (χ2v) is 5.98. The van der Waals surface area contributed by atoms with E-state index in [9.17, 15) is 13.2 Å². The fraction of sp³-hybridized carbons (Fsp3) is 0.600. The van der Waals surface area contributed by atoms with Crippen LogP contribution in [0.4, 0.5) is 0 Å². The zero-order valence-corrected chi connectivity index (χ0v) is 11.0. The first-order valence-electron chi connectivity index (χ1n) is 5.22. The molecule has 0 bridgehead atoms. The highest BCUT2D eigenvalue weighted by atomic mass is 32.2. The van der Waals surface area contributed by atoms with E-state index >= 15 is 0 Å². The van der Waals surface area contributed by atoms with Gasteiger partial charge in [0.05, 0.1) is 25.1 Å². The Morgan fingerprint density at radius 2 is 2.18 bits per heavy atom. The zero-order chi connectivity index (χ0) is 13.1. The number of carbonyl (C=O) groups excluding carboxylic acids is 1. The van der Waals surface area contributed by atoms with E-state index in [0.717, 1.165) is 6.26 Å². The number of hydrogen-bond donors (Lipinski definition) is 0. The third-order valence-corrected chi connectivity index (χ3v) is 3.20. The van der Waals surface area contributed by atoms with Crippen molar-refractivity contribution in [3.05, 3.63) is 17.5 Å². The first kappa shape index (κ1) is 13.7. The maximum atomic E-state index is 11.5. The van der Waals surface area contributed by atoms with Crippen LogP contribution in [-0.4, -0.2) is 42.8 Å². The van der Waals surface area contributed by atoms with Crippen molar-refractivity contribution in [2.45, 2.75) is 20.4 Å². The molecule has 0 aromatic carbocycles. The van der Waals surface area contributed by atoms with E-state index in [4.69, 9.17) is 4.74 Å². The molecule has 0 fully saturated rings. The van der Waals surface area contributed by atoms with E-state index in [2.05, 4.69) is 5.10 Å². The van der Waals surface area contributed by atoms with Crippen LogP contribution in [0.5, 0.6) is 0 Å². The summed E-state index contributed by atoms with van der Waals surface area (Å²) in [4.78, 5) is 11.5. The molecule has 17 heavy (non-hydrogen) atoms. The Morgan fingerprint density at radius 3 is 2.71 bits per heavy atom. The first-order chi connectivity index (χ1) is 7.85. The number of aryl methyl sites for hydroxylation is 1. The summed E-state index contributed by atoms with van der Waals surface area (Å²) in [6.45, 7) is 3.97. The molecule has 1 rings (SSSR count). The summed E-state index contributed by atoms with van der Waals surface area (Å²) in [6, 6.07) is 0. The quantitative estimate of drug-likeness (QED) is 0.717. The highest BCUT2D eigenvalue weighted by molar-refractivity contribution is 7.90. The van der Waals surface area contributed by atoms with Crippen LogP contribution in [0, 0.1) is 6.92 Å². The van der Waals surface area contributed by atoms with Crippen LogP contribution in [0.15, 0.2) is 6.20 Å².